The molecular weight excluding hydrogens is 372 g/mol. The average molecular weight is 395 g/mol. The van der Waals surface area contributed by atoms with Crippen molar-refractivity contribution in [2.45, 2.75) is 26.4 Å². The first-order valence-corrected chi connectivity index (χ1v) is 9.57. The SMILES string of the molecule is CC(C)C(NC(=O)/C=C/c1cn(Cc2ccccc2)nn1)c1ccc(Cl)cc1. The van der Waals surface area contributed by atoms with E-state index in [4.69, 9.17) is 11.6 Å². The standard InChI is InChI=1S/C22H23ClN4O/c1-16(2)22(18-8-10-19(23)11-9-18)24-21(28)13-12-20-15-27(26-25-20)14-17-6-4-3-5-7-17/h3-13,15-16,22H,14H2,1-2H3,(H,24,28)/b13-12+. The molecule has 0 saturated carbocycles. The monoisotopic (exact) mass is 394 g/mol. The molecule has 0 aliphatic heterocycles. The van der Waals surface area contributed by atoms with E-state index in [9.17, 15) is 4.79 Å². The third-order valence-electron chi connectivity index (χ3n) is 4.34. The van der Waals surface area contributed by atoms with Crippen LogP contribution in [0.15, 0.2) is 66.9 Å². The van der Waals surface area contributed by atoms with E-state index >= 15 is 0 Å². The first kappa shape index (κ1) is 19.8. The number of hydrogen-bond acceptors (Lipinski definition) is 3. The van der Waals surface area contributed by atoms with Crippen molar-refractivity contribution in [3.8, 4) is 0 Å². The highest BCUT2D eigenvalue weighted by atomic mass is 35.5. The molecule has 1 aromatic heterocycles. The van der Waals surface area contributed by atoms with E-state index in [0.29, 0.717) is 17.3 Å². The van der Waals surface area contributed by atoms with Crippen LogP contribution in [0, 0.1) is 5.92 Å². The van der Waals surface area contributed by atoms with Crippen LogP contribution in [0.1, 0.15) is 36.7 Å². The molecule has 0 aliphatic rings. The molecule has 1 unspecified atom stereocenters. The van der Waals surface area contributed by atoms with Gasteiger partial charge in [0.2, 0.25) is 5.91 Å². The number of carbonyl (C=O) groups excluding carboxylic acids is 1. The van der Waals surface area contributed by atoms with Crippen molar-refractivity contribution in [3.05, 3.63) is 88.7 Å². The van der Waals surface area contributed by atoms with E-state index in [1.807, 2.05) is 60.8 Å². The van der Waals surface area contributed by atoms with Crippen LogP contribution < -0.4 is 5.32 Å². The maximum absolute atomic E-state index is 12.4. The molecule has 0 saturated heterocycles. The van der Waals surface area contributed by atoms with Crippen LogP contribution in [-0.4, -0.2) is 20.9 Å². The summed E-state index contributed by atoms with van der Waals surface area (Å²) in [6, 6.07) is 17.5. The Bertz CT molecular complexity index is 933. The van der Waals surface area contributed by atoms with Gasteiger partial charge in [-0.1, -0.05) is 73.1 Å². The van der Waals surface area contributed by atoms with Gasteiger partial charge in [0.25, 0.3) is 0 Å². The Kier molecular flexibility index (Phi) is 6.61. The third-order valence-corrected chi connectivity index (χ3v) is 4.59. The zero-order chi connectivity index (χ0) is 19.9. The summed E-state index contributed by atoms with van der Waals surface area (Å²) in [6.07, 6.45) is 4.97. The van der Waals surface area contributed by atoms with Crippen molar-refractivity contribution < 1.29 is 4.79 Å². The molecule has 1 N–H and O–H groups in total. The zero-order valence-electron chi connectivity index (χ0n) is 15.9. The average Bonchev–Trinajstić information content (AvgIpc) is 3.13. The van der Waals surface area contributed by atoms with Crippen LogP contribution in [0.25, 0.3) is 6.08 Å². The first-order valence-electron chi connectivity index (χ1n) is 9.19. The summed E-state index contributed by atoms with van der Waals surface area (Å²) < 4.78 is 1.75. The summed E-state index contributed by atoms with van der Waals surface area (Å²) >= 11 is 5.96. The predicted molar refractivity (Wildman–Crippen MR) is 112 cm³/mol. The van der Waals surface area contributed by atoms with Crippen LogP contribution in [0.5, 0.6) is 0 Å². The molecule has 0 aliphatic carbocycles. The highest BCUT2D eigenvalue weighted by Crippen LogP contribution is 2.23. The van der Waals surface area contributed by atoms with E-state index in [0.717, 1.165) is 11.1 Å². The number of rotatable bonds is 7. The third kappa shape index (κ3) is 5.54. The lowest BCUT2D eigenvalue weighted by Crippen LogP contribution is -2.30. The summed E-state index contributed by atoms with van der Waals surface area (Å²) in [5, 5.41) is 11.9. The molecule has 1 heterocycles. The molecule has 0 fully saturated rings. The van der Waals surface area contributed by atoms with Gasteiger partial charge in [-0.3, -0.25) is 4.79 Å². The van der Waals surface area contributed by atoms with Crippen LogP contribution in [-0.2, 0) is 11.3 Å². The number of carbonyl (C=O) groups is 1. The quantitative estimate of drug-likeness (QED) is 0.600. The van der Waals surface area contributed by atoms with Gasteiger partial charge < -0.3 is 5.32 Å². The van der Waals surface area contributed by atoms with Gasteiger partial charge in [0.1, 0.15) is 5.69 Å². The van der Waals surface area contributed by atoms with Crippen LogP contribution in [0.4, 0.5) is 0 Å². The molecule has 0 radical (unpaired) electrons. The molecule has 1 atom stereocenters. The minimum atomic E-state index is -0.175. The topological polar surface area (TPSA) is 59.8 Å². The van der Waals surface area contributed by atoms with Gasteiger partial charge in [-0.2, -0.15) is 0 Å². The highest BCUT2D eigenvalue weighted by molar-refractivity contribution is 6.30. The van der Waals surface area contributed by atoms with Crippen molar-refractivity contribution in [2.75, 3.05) is 0 Å². The van der Waals surface area contributed by atoms with E-state index in [1.165, 1.54) is 6.08 Å². The lowest BCUT2D eigenvalue weighted by Gasteiger charge is -2.22. The molecular formula is C22H23ClN4O. The second-order valence-electron chi connectivity index (χ2n) is 6.94. The number of nitrogens with zero attached hydrogens (tertiary/aromatic N) is 3. The number of benzene rings is 2. The molecule has 3 aromatic rings. The van der Waals surface area contributed by atoms with Gasteiger partial charge in [0.05, 0.1) is 18.8 Å². The Morgan fingerprint density at radius 2 is 1.86 bits per heavy atom. The van der Waals surface area contributed by atoms with Gasteiger partial charge in [-0.05, 0) is 35.3 Å². The van der Waals surface area contributed by atoms with Crippen LogP contribution >= 0.6 is 11.6 Å². The second kappa shape index (κ2) is 9.33. The zero-order valence-corrected chi connectivity index (χ0v) is 16.7. The van der Waals surface area contributed by atoms with E-state index < -0.39 is 0 Å². The maximum Gasteiger partial charge on any atom is 0.244 e. The fourth-order valence-electron chi connectivity index (χ4n) is 2.90. The Hall–Kier alpha value is -2.92. The van der Waals surface area contributed by atoms with E-state index in [1.54, 1.807) is 10.8 Å². The second-order valence-corrected chi connectivity index (χ2v) is 7.38. The summed E-state index contributed by atoms with van der Waals surface area (Å²) in [5.74, 6) is 0.0662. The lowest BCUT2D eigenvalue weighted by atomic mass is 9.96. The van der Waals surface area contributed by atoms with Gasteiger partial charge in [-0.25, -0.2) is 4.68 Å². The first-order chi connectivity index (χ1) is 13.5. The fraction of sp³-hybridized carbons (Fsp3) is 0.227. The molecule has 5 nitrogen and oxygen atoms in total. The predicted octanol–water partition coefficient (Wildman–Crippen LogP) is 4.51. The van der Waals surface area contributed by atoms with Crippen molar-refractivity contribution in [2.24, 2.45) is 5.92 Å². The molecule has 1 amide bonds. The molecule has 28 heavy (non-hydrogen) atoms. The van der Waals surface area contributed by atoms with Crippen molar-refractivity contribution in [1.29, 1.82) is 0 Å². The minimum absolute atomic E-state index is 0.0943. The molecule has 2 aromatic carbocycles. The smallest absolute Gasteiger partial charge is 0.244 e. The van der Waals surface area contributed by atoms with Crippen molar-refractivity contribution in [1.82, 2.24) is 20.3 Å². The Morgan fingerprint density at radius 3 is 2.54 bits per heavy atom. The van der Waals surface area contributed by atoms with Crippen molar-refractivity contribution in [3.63, 3.8) is 0 Å². The van der Waals surface area contributed by atoms with Crippen molar-refractivity contribution >= 4 is 23.6 Å². The Balaban J connectivity index is 1.62. The van der Waals surface area contributed by atoms with Gasteiger partial charge in [0, 0.05) is 11.1 Å². The summed E-state index contributed by atoms with van der Waals surface area (Å²) in [6.45, 7) is 4.77. The minimum Gasteiger partial charge on any atom is -0.345 e. The van der Waals surface area contributed by atoms with Gasteiger partial charge >= 0.3 is 0 Å². The molecule has 0 bridgehead atoms. The Labute approximate surface area is 170 Å². The normalized spacial score (nSPS) is 12.4. The summed E-state index contributed by atoms with van der Waals surface area (Å²) in [5.41, 5.74) is 2.80. The van der Waals surface area contributed by atoms with Gasteiger partial charge in [0.15, 0.2) is 0 Å². The number of nitrogens with one attached hydrogen (secondary N) is 1. The largest absolute Gasteiger partial charge is 0.345 e. The molecule has 0 spiro atoms. The summed E-state index contributed by atoms with van der Waals surface area (Å²) in [4.78, 5) is 12.4. The molecule has 144 valence electrons. The fourth-order valence-corrected chi connectivity index (χ4v) is 3.03. The van der Waals surface area contributed by atoms with E-state index in [2.05, 4.69) is 29.5 Å². The number of hydrogen-bond donors (Lipinski definition) is 1. The summed E-state index contributed by atoms with van der Waals surface area (Å²) in [7, 11) is 0. The molecule has 6 heteroatoms. The highest BCUT2D eigenvalue weighted by Gasteiger charge is 2.17. The number of halogens is 1. The van der Waals surface area contributed by atoms with Crippen LogP contribution in [0.3, 0.4) is 0 Å². The lowest BCUT2D eigenvalue weighted by molar-refractivity contribution is -0.117. The number of aromatic nitrogens is 3. The molecule has 3 rings (SSSR count). The van der Waals surface area contributed by atoms with Crippen LogP contribution in [0.2, 0.25) is 5.02 Å². The Morgan fingerprint density at radius 1 is 1.14 bits per heavy atom. The number of amides is 1. The van der Waals surface area contributed by atoms with E-state index in [-0.39, 0.29) is 17.9 Å². The van der Waals surface area contributed by atoms with Gasteiger partial charge in [-0.15, -0.1) is 5.10 Å². The maximum atomic E-state index is 12.4.